The topological polar surface area (TPSA) is 69.7 Å². The summed E-state index contributed by atoms with van der Waals surface area (Å²) in [6, 6.07) is 7.97. The number of benzene rings is 1. The molecule has 2 atom stereocenters. The first kappa shape index (κ1) is 19.9. The number of nitrogens with one attached hydrogen (secondary N) is 1. The molecule has 0 unspecified atom stereocenters. The lowest BCUT2D eigenvalue weighted by Crippen LogP contribution is -2.34. The number of nitrogens with zero attached hydrogens (tertiary/aromatic N) is 2. The zero-order chi connectivity index (χ0) is 20.2. The molecule has 0 bridgehead atoms. The highest BCUT2D eigenvalue weighted by atomic mass is 16.2. The van der Waals surface area contributed by atoms with Gasteiger partial charge < -0.3 is 10.2 Å². The number of fused-ring (bicyclic) bond motifs is 1. The fraction of sp³-hybridized carbons (Fsp3) is 0.609. The lowest BCUT2D eigenvalue weighted by atomic mass is 9.81. The van der Waals surface area contributed by atoms with Crippen LogP contribution in [0.1, 0.15) is 57.8 Å². The average molecular weight is 398 g/mol. The number of hydrogen-bond acceptors (Lipinski definition) is 4. The molecule has 1 aliphatic carbocycles. The molecule has 156 valence electrons. The number of hydrogen-bond donors (Lipinski definition) is 1. The number of anilines is 2. The molecular formula is C23H31N3O3. The van der Waals surface area contributed by atoms with Crippen LogP contribution in [0.5, 0.6) is 0 Å². The molecule has 1 aromatic carbocycles. The van der Waals surface area contributed by atoms with E-state index >= 15 is 0 Å². The van der Waals surface area contributed by atoms with Gasteiger partial charge in [0.1, 0.15) is 0 Å². The average Bonchev–Trinajstić information content (AvgIpc) is 2.92. The van der Waals surface area contributed by atoms with Crippen LogP contribution < -0.4 is 10.2 Å². The smallest absolute Gasteiger partial charge is 0.233 e. The SMILES string of the molecule is O=C(CCN1C(=O)[C@@H]2CCCC[C@H]2C1=O)Nc1ccc(N2CCCCCC2)cc1. The minimum absolute atomic E-state index is 0.0747. The van der Waals surface area contributed by atoms with Crippen LogP contribution in [0.15, 0.2) is 24.3 Å². The molecule has 0 aromatic heterocycles. The highest BCUT2D eigenvalue weighted by Crippen LogP contribution is 2.38. The molecule has 29 heavy (non-hydrogen) atoms. The third kappa shape index (κ3) is 4.46. The van der Waals surface area contributed by atoms with Gasteiger partial charge in [0, 0.05) is 37.4 Å². The second-order valence-corrected chi connectivity index (χ2v) is 8.57. The monoisotopic (exact) mass is 397 g/mol. The summed E-state index contributed by atoms with van der Waals surface area (Å²) in [6.45, 7) is 2.36. The van der Waals surface area contributed by atoms with Crippen molar-refractivity contribution in [2.24, 2.45) is 11.8 Å². The Kier molecular flexibility index (Phi) is 6.16. The Morgan fingerprint density at radius 2 is 1.45 bits per heavy atom. The van der Waals surface area contributed by atoms with Crippen molar-refractivity contribution < 1.29 is 14.4 Å². The van der Waals surface area contributed by atoms with Gasteiger partial charge >= 0.3 is 0 Å². The largest absolute Gasteiger partial charge is 0.372 e. The van der Waals surface area contributed by atoms with Crippen LogP contribution in [0.3, 0.4) is 0 Å². The van der Waals surface area contributed by atoms with Crippen LogP contribution >= 0.6 is 0 Å². The summed E-state index contributed by atoms with van der Waals surface area (Å²) in [7, 11) is 0. The van der Waals surface area contributed by atoms with Crippen LogP contribution in [0.25, 0.3) is 0 Å². The van der Waals surface area contributed by atoms with E-state index in [2.05, 4.69) is 22.3 Å². The molecule has 2 heterocycles. The molecule has 2 saturated heterocycles. The maximum atomic E-state index is 12.5. The van der Waals surface area contributed by atoms with Gasteiger partial charge in [-0.15, -0.1) is 0 Å². The van der Waals surface area contributed by atoms with Crippen LogP contribution in [0.4, 0.5) is 11.4 Å². The van der Waals surface area contributed by atoms with Crippen molar-refractivity contribution >= 4 is 29.1 Å². The molecule has 3 amide bonds. The summed E-state index contributed by atoms with van der Waals surface area (Å²) in [4.78, 5) is 41.1. The number of carbonyl (C=O) groups is 3. The highest BCUT2D eigenvalue weighted by Gasteiger charge is 2.47. The minimum Gasteiger partial charge on any atom is -0.372 e. The van der Waals surface area contributed by atoms with Gasteiger partial charge in [-0.1, -0.05) is 25.7 Å². The van der Waals surface area contributed by atoms with E-state index in [4.69, 9.17) is 0 Å². The van der Waals surface area contributed by atoms with Crippen LogP contribution in [0, 0.1) is 11.8 Å². The van der Waals surface area contributed by atoms with E-state index in [1.54, 1.807) is 0 Å². The molecule has 1 saturated carbocycles. The van der Waals surface area contributed by atoms with Gasteiger partial charge in [-0.05, 0) is 49.9 Å². The van der Waals surface area contributed by atoms with E-state index in [9.17, 15) is 14.4 Å². The Bertz CT molecular complexity index is 729. The maximum Gasteiger partial charge on any atom is 0.233 e. The Hall–Kier alpha value is -2.37. The molecular weight excluding hydrogens is 366 g/mol. The third-order valence-corrected chi connectivity index (χ3v) is 6.62. The van der Waals surface area contributed by atoms with E-state index in [0.717, 1.165) is 44.5 Å². The van der Waals surface area contributed by atoms with E-state index in [1.807, 2.05) is 12.1 Å². The van der Waals surface area contributed by atoms with Gasteiger partial charge in [0.2, 0.25) is 17.7 Å². The van der Waals surface area contributed by atoms with Crippen LogP contribution in [-0.4, -0.2) is 42.3 Å². The lowest BCUT2D eigenvalue weighted by molar-refractivity contribution is -0.140. The van der Waals surface area contributed by atoms with Crippen molar-refractivity contribution in [2.45, 2.75) is 57.8 Å². The van der Waals surface area contributed by atoms with E-state index in [-0.39, 0.29) is 42.5 Å². The van der Waals surface area contributed by atoms with Crippen LogP contribution in [-0.2, 0) is 14.4 Å². The summed E-state index contributed by atoms with van der Waals surface area (Å²) >= 11 is 0. The van der Waals surface area contributed by atoms with Gasteiger partial charge in [0.15, 0.2) is 0 Å². The van der Waals surface area contributed by atoms with Gasteiger partial charge in [0.05, 0.1) is 11.8 Å². The van der Waals surface area contributed by atoms with Crippen molar-refractivity contribution in [3.63, 3.8) is 0 Å². The van der Waals surface area contributed by atoms with E-state index in [1.165, 1.54) is 36.3 Å². The number of rotatable bonds is 5. The van der Waals surface area contributed by atoms with Crippen molar-refractivity contribution in [3.05, 3.63) is 24.3 Å². The highest BCUT2D eigenvalue weighted by molar-refractivity contribution is 6.05. The van der Waals surface area contributed by atoms with Gasteiger partial charge in [0.25, 0.3) is 0 Å². The van der Waals surface area contributed by atoms with E-state index < -0.39 is 0 Å². The quantitative estimate of drug-likeness (QED) is 0.771. The maximum absolute atomic E-state index is 12.5. The molecule has 4 rings (SSSR count). The Morgan fingerprint density at radius 3 is 2.03 bits per heavy atom. The second-order valence-electron chi connectivity index (χ2n) is 8.57. The molecule has 2 aliphatic heterocycles. The summed E-state index contributed by atoms with van der Waals surface area (Å²) in [5.41, 5.74) is 1.95. The van der Waals surface area contributed by atoms with Crippen LogP contribution in [0.2, 0.25) is 0 Å². The Morgan fingerprint density at radius 1 is 0.862 bits per heavy atom. The molecule has 6 nitrogen and oxygen atoms in total. The molecule has 6 heteroatoms. The molecule has 3 fully saturated rings. The van der Waals surface area contributed by atoms with Gasteiger partial charge in [-0.2, -0.15) is 0 Å². The summed E-state index contributed by atoms with van der Waals surface area (Å²) < 4.78 is 0. The Balaban J connectivity index is 1.28. The third-order valence-electron chi connectivity index (χ3n) is 6.62. The Labute approximate surface area is 172 Å². The van der Waals surface area contributed by atoms with E-state index in [0.29, 0.717) is 0 Å². The molecule has 0 radical (unpaired) electrons. The van der Waals surface area contributed by atoms with Gasteiger partial charge in [-0.3, -0.25) is 19.3 Å². The zero-order valence-corrected chi connectivity index (χ0v) is 17.1. The molecule has 3 aliphatic rings. The standard InChI is InChI=1S/C23H31N3O3/c27-21(13-16-26-22(28)19-7-3-4-8-20(19)23(26)29)24-17-9-11-18(12-10-17)25-14-5-1-2-6-15-25/h9-12,19-20H,1-8,13-16H2,(H,24,27)/t19-,20-/m1/s1. The van der Waals surface area contributed by atoms with Crippen molar-refractivity contribution in [1.82, 2.24) is 4.90 Å². The summed E-state index contributed by atoms with van der Waals surface area (Å²) in [6.07, 6.45) is 8.85. The fourth-order valence-corrected chi connectivity index (χ4v) is 4.97. The molecule has 0 spiro atoms. The minimum atomic E-state index is -0.164. The van der Waals surface area contributed by atoms with Crippen molar-refractivity contribution in [1.29, 1.82) is 0 Å². The van der Waals surface area contributed by atoms with Gasteiger partial charge in [-0.25, -0.2) is 0 Å². The normalized spacial score (nSPS) is 25.0. The predicted molar refractivity (Wildman–Crippen MR) is 113 cm³/mol. The fourth-order valence-electron chi connectivity index (χ4n) is 4.97. The summed E-state index contributed by atoms with van der Waals surface area (Å²) in [5.74, 6) is -0.608. The number of likely N-dealkylation sites (tertiary alicyclic amines) is 1. The first-order valence-corrected chi connectivity index (χ1v) is 11.1. The second kappa shape index (κ2) is 8.97. The number of imide groups is 1. The molecule has 1 N–H and O–H groups in total. The first-order chi connectivity index (χ1) is 14.1. The zero-order valence-electron chi connectivity index (χ0n) is 17.1. The van der Waals surface area contributed by atoms with Crippen molar-refractivity contribution in [3.8, 4) is 0 Å². The lowest BCUT2D eigenvalue weighted by Gasteiger charge is -2.22. The predicted octanol–water partition coefficient (Wildman–Crippen LogP) is 3.57. The number of amides is 3. The van der Waals surface area contributed by atoms with Crippen molar-refractivity contribution in [2.75, 3.05) is 29.9 Å². The summed E-state index contributed by atoms with van der Waals surface area (Å²) in [5, 5.41) is 2.89. The number of carbonyl (C=O) groups excluding carboxylic acids is 3. The molecule has 1 aromatic rings. The first-order valence-electron chi connectivity index (χ1n) is 11.1.